The third kappa shape index (κ3) is 2.84. The summed E-state index contributed by atoms with van der Waals surface area (Å²) in [7, 11) is 0. The lowest BCUT2D eigenvalue weighted by molar-refractivity contribution is 0.170. The smallest absolute Gasteiger partial charge is 0.0452 e. The van der Waals surface area contributed by atoms with Crippen LogP contribution in [0.1, 0.15) is 31.2 Å². The molecule has 0 heterocycles. The molecule has 18 heavy (non-hydrogen) atoms. The minimum absolute atomic E-state index is 0.758. The van der Waals surface area contributed by atoms with E-state index in [1.807, 2.05) is 18.2 Å². The lowest BCUT2D eigenvalue weighted by atomic mass is 9.70. The van der Waals surface area contributed by atoms with Gasteiger partial charge in [-0.2, -0.15) is 0 Å². The number of nitrogens with one attached hydrogen (secondary N) is 1. The Bertz CT molecular complexity index is 408. The average Bonchev–Trinajstić information content (AvgIpc) is 3.11. The summed E-state index contributed by atoms with van der Waals surface area (Å²) in [6, 6.07) is 6.62. The third-order valence-electron chi connectivity index (χ3n) is 4.35. The van der Waals surface area contributed by atoms with Gasteiger partial charge in [-0.25, -0.2) is 0 Å². The molecule has 2 unspecified atom stereocenters. The van der Waals surface area contributed by atoms with Crippen LogP contribution in [0, 0.1) is 11.8 Å². The van der Waals surface area contributed by atoms with Crippen LogP contribution in [0.4, 0.5) is 0 Å². The van der Waals surface area contributed by atoms with Crippen LogP contribution in [0.2, 0.25) is 10.0 Å². The van der Waals surface area contributed by atoms with E-state index in [9.17, 15) is 0 Å². The highest BCUT2D eigenvalue weighted by atomic mass is 35.5. The van der Waals surface area contributed by atoms with Gasteiger partial charge in [-0.3, -0.25) is 0 Å². The van der Waals surface area contributed by atoms with Crippen molar-refractivity contribution < 1.29 is 0 Å². The molecular weight excluding hydrogens is 265 g/mol. The Morgan fingerprint density at radius 3 is 2.22 bits per heavy atom. The van der Waals surface area contributed by atoms with Gasteiger partial charge in [-0.1, -0.05) is 29.3 Å². The first-order valence-corrected chi connectivity index (χ1v) is 7.66. The molecule has 3 rings (SSSR count). The fourth-order valence-electron chi connectivity index (χ4n) is 2.77. The fourth-order valence-corrected chi connectivity index (χ4v) is 3.32. The summed E-state index contributed by atoms with van der Waals surface area (Å²) in [5.74, 6) is 1.58. The first-order chi connectivity index (χ1) is 8.74. The standard InChI is InChI=1S/C15H19Cl2N/c16-14-2-1-3-15(17)13(14)8-10-4-5-11(10)9-18-12-6-7-12/h1-3,10-12,18H,4-9H2. The van der Waals surface area contributed by atoms with Gasteiger partial charge >= 0.3 is 0 Å². The maximum absolute atomic E-state index is 6.24. The lowest BCUT2D eigenvalue weighted by Crippen LogP contribution is -2.37. The van der Waals surface area contributed by atoms with Gasteiger partial charge in [0.25, 0.3) is 0 Å². The van der Waals surface area contributed by atoms with Crippen LogP contribution < -0.4 is 5.32 Å². The van der Waals surface area contributed by atoms with E-state index in [2.05, 4.69) is 5.32 Å². The highest BCUT2D eigenvalue weighted by Crippen LogP contribution is 2.39. The van der Waals surface area contributed by atoms with Crippen molar-refractivity contribution in [2.24, 2.45) is 11.8 Å². The molecule has 0 aliphatic heterocycles. The van der Waals surface area contributed by atoms with Crippen molar-refractivity contribution in [2.45, 2.75) is 38.1 Å². The molecule has 0 spiro atoms. The summed E-state index contributed by atoms with van der Waals surface area (Å²) in [6.07, 6.45) is 6.45. The van der Waals surface area contributed by atoms with Crippen LogP contribution >= 0.6 is 23.2 Å². The van der Waals surface area contributed by atoms with Crippen molar-refractivity contribution in [3.8, 4) is 0 Å². The summed E-state index contributed by atoms with van der Waals surface area (Å²) in [4.78, 5) is 0. The molecule has 2 aliphatic rings. The predicted octanol–water partition coefficient (Wildman–Crippen LogP) is 4.31. The van der Waals surface area contributed by atoms with Gasteiger partial charge in [0.2, 0.25) is 0 Å². The monoisotopic (exact) mass is 283 g/mol. The molecule has 2 aliphatic carbocycles. The molecular formula is C15H19Cl2N. The normalized spacial score (nSPS) is 27.0. The maximum Gasteiger partial charge on any atom is 0.0452 e. The van der Waals surface area contributed by atoms with Crippen molar-refractivity contribution in [3.63, 3.8) is 0 Å². The van der Waals surface area contributed by atoms with Gasteiger partial charge in [0.15, 0.2) is 0 Å². The molecule has 3 heteroatoms. The number of rotatable bonds is 5. The minimum Gasteiger partial charge on any atom is -0.314 e. The van der Waals surface area contributed by atoms with Gasteiger partial charge in [-0.05, 0) is 68.2 Å². The van der Waals surface area contributed by atoms with E-state index < -0.39 is 0 Å². The first kappa shape index (κ1) is 12.8. The molecule has 0 amide bonds. The second kappa shape index (κ2) is 5.40. The molecule has 2 atom stereocenters. The molecule has 2 fully saturated rings. The van der Waals surface area contributed by atoms with Crippen molar-refractivity contribution >= 4 is 23.2 Å². The van der Waals surface area contributed by atoms with Crippen LogP contribution in [-0.2, 0) is 6.42 Å². The molecule has 1 aromatic rings. The van der Waals surface area contributed by atoms with Crippen LogP contribution in [-0.4, -0.2) is 12.6 Å². The fraction of sp³-hybridized carbons (Fsp3) is 0.600. The molecule has 1 nitrogen and oxygen atoms in total. The Balaban J connectivity index is 1.58. The van der Waals surface area contributed by atoms with Crippen LogP contribution in [0.15, 0.2) is 18.2 Å². The number of halogens is 2. The summed E-state index contributed by atoms with van der Waals surface area (Å²) in [5.41, 5.74) is 1.14. The number of hydrogen-bond acceptors (Lipinski definition) is 1. The van der Waals surface area contributed by atoms with Crippen LogP contribution in [0.3, 0.4) is 0 Å². The summed E-state index contributed by atoms with van der Waals surface area (Å²) >= 11 is 12.5. The molecule has 0 radical (unpaired) electrons. The van der Waals surface area contributed by atoms with Crippen molar-refractivity contribution in [2.75, 3.05) is 6.54 Å². The SMILES string of the molecule is Clc1cccc(Cl)c1CC1CCC1CNC1CC1. The molecule has 1 aromatic carbocycles. The quantitative estimate of drug-likeness (QED) is 0.849. The van der Waals surface area contributed by atoms with Gasteiger partial charge in [0, 0.05) is 16.1 Å². The van der Waals surface area contributed by atoms with Crippen molar-refractivity contribution in [1.29, 1.82) is 0 Å². The topological polar surface area (TPSA) is 12.0 Å². The molecule has 0 saturated heterocycles. The zero-order chi connectivity index (χ0) is 12.5. The number of benzene rings is 1. The molecule has 0 aromatic heterocycles. The number of hydrogen-bond donors (Lipinski definition) is 1. The van der Waals surface area contributed by atoms with Crippen molar-refractivity contribution in [3.05, 3.63) is 33.8 Å². The Morgan fingerprint density at radius 1 is 1.00 bits per heavy atom. The van der Waals surface area contributed by atoms with E-state index in [1.54, 1.807) is 0 Å². The molecule has 2 saturated carbocycles. The van der Waals surface area contributed by atoms with E-state index in [0.29, 0.717) is 0 Å². The average molecular weight is 284 g/mol. The minimum atomic E-state index is 0.758. The predicted molar refractivity (Wildman–Crippen MR) is 77.4 cm³/mol. The third-order valence-corrected chi connectivity index (χ3v) is 5.06. The lowest BCUT2D eigenvalue weighted by Gasteiger charge is -2.37. The summed E-state index contributed by atoms with van der Waals surface area (Å²) in [5, 5.41) is 5.28. The zero-order valence-electron chi connectivity index (χ0n) is 10.5. The largest absolute Gasteiger partial charge is 0.314 e. The first-order valence-electron chi connectivity index (χ1n) is 6.90. The highest BCUT2D eigenvalue weighted by Gasteiger charge is 2.33. The van der Waals surface area contributed by atoms with E-state index in [4.69, 9.17) is 23.2 Å². The van der Waals surface area contributed by atoms with Gasteiger partial charge in [0.05, 0.1) is 0 Å². The molecule has 0 bridgehead atoms. The van der Waals surface area contributed by atoms with E-state index in [-0.39, 0.29) is 0 Å². The zero-order valence-corrected chi connectivity index (χ0v) is 12.0. The van der Waals surface area contributed by atoms with Gasteiger partial charge < -0.3 is 5.32 Å². The van der Waals surface area contributed by atoms with Gasteiger partial charge in [-0.15, -0.1) is 0 Å². The Hall–Kier alpha value is -0.240. The van der Waals surface area contributed by atoms with E-state index in [0.717, 1.165) is 39.9 Å². The second-order valence-electron chi connectivity index (χ2n) is 5.68. The summed E-state index contributed by atoms with van der Waals surface area (Å²) in [6.45, 7) is 1.18. The molecule has 98 valence electrons. The Kier molecular flexibility index (Phi) is 3.83. The van der Waals surface area contributed by atoms with Crippen LogP contribution in [0.25, 0.3) is 0 Å². The summed E-state index contributed by atoms with van der Waals surface area (Å²) < 4.78 is 0. The molecule has 1 N–H and O–H groups in total. The van der Waals surface area contributed by atoms with Crippen molar-refractivity contribution in [1.82, 2.24) is 5.32 Å². The Labute approximate surface area is 119 Å². The van der Waals surface area contributed by atoms with Crippen LogP contribution in [0.5, 0.6) is 0 Å². The van der Waals surface area contributed by atoms with E-state index in [1.165, 1.54) is 32.2 Å². The second-order valence-corrected chi connectivity index (χ2v) is 6.50. The maximum atomic E-state index is 6.24. The van der Waals surface area contributed by atoms with Gasteiger partial charge in [0.1, 0.15) is 0 Å². The highest BCUT2D eigenvalue weighted by molar-refractivity contribution is 6.35. The Morgan fingerprint density at radius 2 is 1.67 bits per heavy atom. The van der Waals surface area contributed by atoms with E-state index >= 15 is 0 Å².